The Hall–Kier alpha value is -3.10. The van der Waals surface area contributed by atoms with Crippen molar-refractivity contribution in [3.8, 4) is 0 Å². The quantitative estimate of drug-likeness (QED) is 0.333. The molecule has 2 heterocycles. The number of carbonyl (C=O) groups is 1. The molecule has 29 heavy (non-hydrogen) atoms. The maximum Gasteiger partial charge on any atom is 0.433 e. The van der Waals surface area contributed by atoms with Crippen LogP contribution in [0.3, 0.4) is 0 Å². The van der Waals surface area contributed by atoms with Gasteiger partial charge in [-0.05, 0) is 38.1 Å². The number of furan rings is 1. The lowest BCUT2D eigenvalue weighted by Crippen LogP contribution is -2.10. The molecule has 8 nitrogen and oxygen atoms in total. The number of rotatable bonds is 6. The van der Waals surface area contributed by atoms with Crippen LogP contribution in [0, 0.1) is 24.0 Å². The summed E-state index contributed by atoms with van der Waals surface area (Å²) < 4.78 is 6.68. The lowest BCUT2D eigenvalue weighted by Gasteiger charge is -2.09. The molecule has 0 unspecified atom stereocenters. The number of nitrogens with one attached hydrogen (secondary N) is 1. The molecule has 0 saturated carbocycles. The van der Waals surface area contributed by atoms with Gasteiger partial charge in [-0.15, -0.1) is 0 Å². The maximum absolute atomic E-state index is 12.3. The van der Waals surface area contributed by atoms with Crippen LogP contribution in [0.2, 0.25) is 10.0 Å². The highest BCUT2D eigenvalue weighted by Gasteiger charge is 2.16. The van der Waals surface area contributed by atoms with Crippen LogP contribution in [0.4, 0.5) is 11.6 Å². The number of benzene rings is 1. The van der Waals surface area contributed by atoms with Gasteiger partial charge >= 0.3 is 5.88 Å². The number of carbonyl (C=O) groups excluding carboxylic acids is 1. The largest absolute Gasteiger partial charge is 0.433 e. The standard InChI is InChI=1S/C19H16Cl2N4O4/c1-11-19(22-17(26)8-6-13-7-9-18(29-13)25(27)28)12(2)24(23-11)10-14-15(20)4-3-5-16(14)21/h3-9H,10H2,1-2H3,(H,22,26)/b8-6+. The molecule has 0 aliphatic heterocycles. The lowest BCUT2D eigenvalue weighted by atomic mass is 10.2. The predicted molar refractivity (Wildman–Crippen MR) is 110 cm³/mol. The van der Waals surface area contributed by atoms with Crippen LogP contribution >= 0.6 is 23.2 Å². The van der Waals surface area contributed by atoms with Crippen molar-refractivity contribution in [2.75, 3.05) is 5.32 Å². The number of halogens is 2. The minimum Gasteiger partial charge on any atom is -0.401 e. The number of aryl methyl sites for hydroxylation is 1. The van der Waals surface area contributed by atoms with Gasteiger partial charge in [0.2, 0.25) is 5.91 Å². The zero-order chi connectivity index (χ0) is 21.1. The molecule has 0 atom stereocenters. The van der Waals surface area contributed by atoms with Crippen molar-refractivity contribution >= 4 is 46.8 Å². The fourth-order valence-corrected chi connectivity index (χ4v) is 3.23. The van der Waals surface area contributed by atoms with E-state index in [1.807, 2.05) is 6.92 Å². The summed E-state index contributed by atoms with van der Waals surface area (Å²) in [5.41, 5.74) is 2.65. The Morgan fingerprint density at radius 2 is 1.97 bits per heavy atom. The van der Waals surface area contributed by atoms with E-state index < -0.39 is 16.7 Å². The molecule has 3 aromatic rings. The van der Waals surface area contributed by atoms with Crippen LogP contribution in [-0.2, 0) is 11.3 Å². The molecule has 0 bridgehead atoms. The summed E-state index contributed by atoms with van der Waals surface area (Å²) in [6, 6.07) is 7.89. The van der Waals surface area contributed by atoms with E-state index in [4.69, 9.17) is 27.6 Å². The number of amides is 1. The van der Waals surface area contributed by atoms with Crippen LogP contribution < -0.4 is 5.32 Å². The van der Waals surface area contributed by atoms with E-state index >= 15 is 0 Å². The van der Waals surface area contributed by atoms with Crippen LogP contribution in [-0.4, -0.2) is 20.6 Å². The molecule has 0 spiro atoms. The molecule has 0 fully saturated rings. The minimum absolute atomic E-state index is 0.198. The third-order valence-electron chi connectivity index (χ3n) is 4.19. The first-order valence-corrected chi connectivity index (χ1v) is 9.22. The molecule has 0 radical (unpaired) electrons. The molecular weight excluding hydrogens is 419 g/mol. The van der Waals surface area contributed by atoms with Crippen LogP contribution in [0.1, 0.15) is 22.7 Å². The highest BCUT2D eigenvalue weighted by atomic mass is 35.5. The molecule has 3 rings (SSSR count). The van der Waals surface area contributed by atoms with Gasteiger partial charge in [0.1, 0.15) is 10.7 Å². The second-order valence-corrected chi connectivity index (χ2v) is 6.97. The van der Waals surface area contributed by atoms with Crippen LogP contribution in [0.25, 0.3) is 6.08 Å². The molecular formula is C19H16Cl2N4O4. The van der Waals surface area contributed by atoms with Crippen LogP contribution in [0.15, 0.2) is 40.8 Å². The van der Waals surface area contributed by atoms with Gasteiger partial charge in [0.15, 0.2) is 0 Å². The molecule has 1 aromatic carbocycles. The van der Waals surface area contributed by atoms with E-state index in [1.54, 1.807) is 29.8 Å². The summed E-state index contributed by atoms with van der Waals surface area (Å²) in [6.07, 6.45) is 2.57. The second kappa shape index (κ2) is 8.50. The maximum atomic E-state index is 12.3. The Bertz CT molecular complexity index is 1100. The van der Waals surface area contributed by atoms with Gasteiger partial charge in [0.05, 0.1) is 29.7 Å². The van der Waals surface area contributed by atoms with Crippen molar-refractivity contribution in [1.82, 2.24) is 9.78 Å². The normalized spacial score (nSPS) is 11.2. The first-order valence-electron chi connectivity index (χ1n) is 8.46. The third-order valence-corrected chi connectivity index (χ3v) is 4.90. The van der Waals surface area contributed by atoms with Crippen molar-refractivity contribution in [2.24, 2.45) is 0 Å². The SMILES string of the molecule is Cc1nn(Cc2c(Cl)cccc2Cl)c(C)c1NC(=O)/C=C/c1ccc([N+](=O)[O-])o1. The number of aromatic nitrogens is 2. The zero-order valence-corrected chi connectivity index (χ0v) is 17.0. The molecule has 0 aliphatic rings. The fraction of sp³-hybridized carbons (Fsp3) is 0.158. The van der Waals surface area contributed by atoms with E-state index in [0.717, 1.165) is 11.3 Å². The molecule has 10 heteroatoms. The summed E-state index contributed by atoms with van der Waals surface area (Å²) in [7, 11) is 0. The van der Waals surface area contributed by atoms with Gasteiger partial charge in [-0.2, -0.15) is 5.10 Å². The van der Waals surface area contributed by atoms with Gasteiger partial charge in [-0.1, -0.05) is 29.3 Å². The third kappa shape index (κ3) is 4.67. The predicted octanol–water partition coefficient (Wildman–Crippen LogP) is 5.01. The molecule has 150 valence electrons. The highest BCUT2D eigenvalue weighted by Crippen LogP contribution is 2.27. The van der Waals surface area contributed by atoms with Crippen molar-refractivity contribution in [3.05, 3.63) is 79.3 Å². The molecule has 0 saturated heterocycles. The van der Waals surface area contributed by atoms with Gasteiger partial charge in [-0.3, -0.25) is 19.6 Å². The molecule has 0 aliphatic carbocycles. The minimum atomic E-state index is -0.649. The summed E-state index contributed by atoms with van der Waals surface area (Å²) in [5, 5.41) is 18.9. The Balaban J connectivity index is 1.75. The summed E-state index contributed by atoms with van der Waals surface area (Å²) in [4.78, 5) is 22.2. The number of nitro groups is 1. The Morgan fingerprint density at radius 1 is 1.28 bits per heavy atom. The van der Waals surface area contributed by atoms with Gasteiger partial charge in [-0.25, -0.2) is 0 Å². The number of hydrogen-bond acceptors (Lipinski definition) is 5. The van der Waals surface area contributed by atoms with E-state index in [-0.39, 0.29) is 5.76 Å². The summed E-state index contributed by atoms with van der Waals surface area (Å²) >= 11 is 12.5. The summed E-state index contributed by atoms with van der Waals surface area (Å²) in [6.45, 7) is 3.94. The van der Waals surface area contributed by atoms with E-state index in [1.165, 1.54) is 24.3 Å². The first-order chi connectivity index (χ1) is 13.8. The average molecular weight is 435 g/mol. The average Bonchev–Trinajstić information content (AvgIpc) is 3.24. The Kier molecular flexibility index (Phi) is 6.05. The molecule has 2 aromatic heterocycles. The number of nitrogens with zero attached hydrogens (tertiary/aromatic N) is 3. The molecule has 1 N–H and O–H groups in total. The summed E-state index contributed by atoms with van der Waals surface area (Å²) in [5.74, 6) is -0.619. The second-order valence-electron chi connectivity index (χ2n) is 6.16. The van der Waals surface area contributed by atoms with Crippen molar-refractivity contribution in [1.29, 1.82) is 0 Å². The Labute approximate surface area is 175 Å². The van der Waals surface area contributed by atoms with Crippen molar-refractivity contribution < 1.29 is 14.1 Å². The van der Waals surface area contributed by atoms with Crippen molar-refractivity contribution in [3.63, 3.8) is 0 Å². The van der Waals surface area contributed by atoms with E-state index in [9.17, 15) is 14.9 Å². The topological polar surface area (TPSA) is 103 Å². The van der Waals surface area contributed by atoms with Crippen LogP contribution in [0.5, 0.6) is 0 Å². The number of hydrogen-bond donors (Lipinski definition) is 1. The Morgan fingerprint density at radius 3 is 2.59 bits per heavy atom. The monoisotopic (exact) mass is 434 g/mol. The fourth-order valence-electron chi connectivity index (χ4n) is 2.72. The van der Waals surface area contributed by atoms with Gasteiger partial charge in [0, 0.05) is 21.7 Å². The van der Waals surface area contributed by atoms with Crippen molar-refractivity contribution in [2.45, 2.75) is 20.4 Å². The zero-order valence-electron chi connectivity index (χ0n) is 15.5. The highest BCUT2D eigenvalue weighted by molar-refractivity contribution is 6.35. The number of anilines is 1. The van der Waals surface area contributed by atoms with E-state index in [2.05, 4.69) is 10.4 Å². The smallest absolute Gasteiger partial charge is 0.401 e. The van der Waals surface area contributed by atoms with Gasteiger partial charge in [0.25, 0.3) is 0 Å². The van der Waals surface area contributed by atoms with E-state index in [0.29, 0.717) is 28.0 Å². The first kappa shape index (κ1) is 20.6. The lowest BCUT2D eigenvalue weighted by molar-refractivity contribution is -0.402. The molecule has 1 amide bonds. The van der Waals surface area contributed by atoms with Gasteiger partial charge < -0.3 is 9.73 Å².